The average Bonchev–Trinajstić information content (AvgIpc) is 2.78. The Morgan fingerprint density at radius 2 is 2.33 bits per heavy atom. The van der Waals surface area contributed by atoms with Gasteiger partial charge in [0.1, 0.15) is 0 Å². The fraction of sp³-hybridized carbons (Fsp3) is 0.250. The van der Waals surface area contributed by atoms with E-state index >= 15 is 0 Å². The number of hydrogen-bond donors (Lipinski definition) is 1. The number of benzene rings is 1. The molecule has 0 unspecified atom stereocenters. The molecule has 1 heterocycles. The van der Waals surface area contributed by atoms with Crippen molar-refractivity contribution >= 4 is 44.0 Å². The quantitative estimate of drug-likeness (QED) is 0.820. The summed E-state index contributed by atoms with van der Waals surface area (Å²) in [7, 11) is 1.68. The summed E-state index contributed by atoms with van der Waals surface area (Å²) in [6.07, 6.45) is 0. The number of ether oxygens (including phenoxy) is 1. The molecule has 6 heteroatoms. The number of halogens is 2. The van der Waals surface area contributed by atoms with Crippen molar-refractivity contribution in [3.05, 3.63) is 33.1 Å². The SMILES string of the molecule is COCCNc1nc(-c2ccc(Br)cc2Cl)cs1. The summed E-state index contributed by atoms with van der Waals surface area (Å²) < 4.78 is 5.94. The van der Waals surface area contributed by atoms with E-state index in [-0.39, 0.29) is 0 Å². The van der Waals surface area contributed by atoms with Crippen LogP contribution in [0.25, 0.3) is 11.3 Å². The van der Waals surface area contributed by atoms with Gasteiger partial charge in [0.15, 0.2) is 5.13 Å². The third kappa shape index (κ3) is 3.45. The van der Waals surface area contributed by atoms with Crippen molar-refractivity contribution in [1.82, 2.24) is 4.98 Å². The normalized spacial score (nSPS) is 10.6. The molecule has 96 valence electrons. The molecule has 18 heavy (non-hydrogen) atoms. The van der Waals surface area contributed by atoms with Gasteiger partial charge < -0.3 is 10.1 Å². The van der Waals surface area contributed by atoms with Crippen LogP contribution in [0.5, 0.6) is 0 Å². The molecule has 0 aliphatic heterocycles. The van der Waals surface area contributed by atoms with E-state index in [0.29, 0.717) is 11.6 Å². The zero-order valence-electron chi connectivity index (χ0n) is 9.74. The van der Waals surface area contributed by atoms with Crippen molar-refractivity contribution in [2.75, 3.05) is 25.6 Å². The molecule has 3 nitrogen and oxygen atoms in total. The van der Waals surface area contributed by atoms with Crippen LogP contribution in [0, 0.1) is 0 Å². The monoisotopic (exact) mass is 346 g/mol. The number of methoxy groups -OCH3 is 1. The van der Waals surface area contributed by atoms with Crippen LogP contribution < -0.4 is 5.32 Å². The van der Waals surface area contributed by atoms with Crippen LogP contribution in [-0.4, -0.2) is 25.2 Å². The third-order valence-corrected chi connectivity index (χ3v) is 3.90. The molecule has 1 aromatic heterocycles. The highest BCUT2D eigenvalue weighted by Gasteiger charge is 2.08. The number of nitrogens with zero attached hydrogens (tertiary/aromatic N) is 1. The fourth-order valence-electron chi connectivity index (χ4n) is 1.44. The number of aromatic nitrogens is 1. The lowest BCUT2D eigenvalue weighted by Crippen LogP contribution is -2.07. The molecule has 0 bridgehead atoms. The number of anilines is 1. The van der Waals surface area contributed by atoms with Gasteiger partial charge in [-0.15, -0.1) is 11.3 Å². The van der Waals surface area contributed by atoms with Crippen LogP contribution in [0.15, 0.2) is 28.1 Å². The summed E-state index contributed by atoms with van der Waals surface area (Å²) in [5, 5.41) is 6.76. The Bertz CT molecular complexity index is 533. The van der Waals surface area contributed by atoms with Crippen LogP contribution in [0.4, 0.5) is 5.13 Å². The highest BCUT2D eigenvalue weighted by atomic mass is 79.9. The topological polar surface area (TPSA) is 34.1 Å². The van der Waals surface area contributed by atoms with Gasteiger partial charge in [-0.05, 0) is 12.1 Å². The smallest absolute Gasteiger partial charge is 0.183 e. The summed E-state index contributed by atoms with van der Waals surface area (Å²) in [6, 6.07) is 5.78. The molecule has 0 aliphatic carbocycles. The number of hydrogen-bond acceptors (Lipinski definition) is 4. The van der Waals surface area contributed by atoms with E-state index in [1.807, 2.05) is 23.6 Å². The van der Waals surface area contributed by atoms with Crippen LogP contribution in [0.1, 0.15) is 0 Å². The van der Waals surface area contributed by atoms with E-state index in [0.717, 1.165) is 27.4 Å². The van der Waals surface area contributed by atoms with Gasteiger partial charge in [-0.1, -0.05) is 33.6 Å². The Labute approximate surface area is 123 Å². The second-order valence-corrected chi connectivity index (χ2v) is 5.76. The maximum atomic E-state index is 6.19. The van der Waals surface area contributed by atoms with E-state index in [9.17, 15) is 0 Å². The molecule has 2 rings (SSSR count). The minimum absolute atomic E-state index is 0.661. The van der Waals surface area contributed by atoms with Crippen molar-refractivity contribution in [3.8, 4) is 11.3 Å². The summed E-state index contributed by atoms with van der Waals surface area (Å²) in [4.78, 5) is 4.49. The Balaban J connectivity index is 2.13. The zero-order chi connectivity index (χ0) is 13.0. The Morgan fingerprint density at radius 3 is 3.06 bits per heavy atom. The van der Waals surface area contributed by atoms with Crippen LogP contribution in [0.2, 0.25) is 5.02 Å². The largest absolute Gasteiger partial charge is 0.383 e. The molecule has 0 spiro atoms. The van der Waals surface area contributed by atoms with Crippen molar-refractivity contribution in [2.45, 2.75) is 0 Å². The lowest BCUT2D eigenvalue weighted by molar-refractivity contribution is 0.211. The van der Waals surface area contributed by atoms with Crippen molar-refractivity contribution in [1.29, 1.82) is 0 Å². The molecule has 0 atom stereocenters. The number of rotatable bonds is 5. The van der Waals surface area contributed by atoms with Gasteiger partial charge in [-0.2, -0.15) is 0 Å². The summed E-state index contributed by atoms with van der Waals surface area (Å²) >= 11 is 11.1. The summed E-state index contributed by atoms with van der Waals surface area (Å²) in [5.41, 5.74) is 1.83. The van der Waals surface area contributed by atoms with E-state index in [4.69, 9.17) is 16.3 Å². The number of nitrogens with one attached hydrogen (secondary N) is 1. The summed E-state index contributed by atoms with van der Waals surface area (Å²) in [6.45, 7) is 1.41. The first kappa shape index (κ1) is 13.8. The lowest BCUT2D eigenvalue weighted by Gasteiger charge is -2.02. The molecular weight excluding hydrogens is 336 g/mol. The van der Waals surface area contributed by atoms with E-state index in [1.165, 1.54) is 0 Å². The predicted molar refractivity (Wildman–Crippen MR) is 80.6 cm³/mol. The van der Waals surface area contributed by atoms with Gasteiger partial charge in [0.2, 0.25) is 0 Å². The van der Waals surface area contributed by atoms with Gasteiger partial charge in [-0.3, -0.25) is 0 Å². The van der Waals surface area contributed by atoms with Crippen LogP contribution in [-0.2, 0) is 4.74 Å². The Morgan fingerprint density at radius 1 is 1.50 bits per heavy atom. The highest BCUT2D eigenvalue weighted by molar-refractivity contribution is 9.10. The van der Waals surface area contributed by atoms with Crippen molar-refractivity contribution < 1.29 is 4.74 Å². The molecular formula is C12H12BrClN2OS. The first-order valence-corrected chi connectivity index (χ1v) is 7.39. The second-order valence-electron chi connectivity index (χ2n) is 3.58. The minimum Gasteiger partial charge on any atom is -0.383 e. The predicted octanol–water partition coefficient (Wildman–Crippen LogP) is 4.28. The Kier molecular flexibility index (Phi) is 5.00. The number of thiazole rings is 1. The molecule has 0 radical (unpaired) electrons. The van der Waals surface area contributed by atoms with Crippen LogP contribution in [0.3, 0.4) is 0 Å². The first-order chi connectivity index (χ1) is 8.70. The third-order valence-electron chi connectivity index (χ3n) is 2.29. The minimum atomic E-state index is 0.661. The average molecular weight is 348 g/mol. The molecule has 0 amide bonds. The fourth-order valence-corrected chi connectivity index (χ4v) is 2.95. The van der Waals surface area contributed by atoms with Gasteiger partial charge >= 0.3 is 0 Å². The molecule has 1 aromatic carbocycles. The first-order valence-electron chi connectivity index (χ1n) is 5.34. The van der Waals surface area contributed by atoms with Gasteiger partial charge in [0.05, 0.1) is 17.3 Å². The standard InChI is InChI=1S/C12H12BrClN2OS/c1-17-5-4-15-12-16-11(7-18-12)9-3-2-8(13)6-10(9)14/h2-3,6-7H,4-5H2,1H3,(H,15,16). The summed E-state index contributed by atoms with van der Waals surface area (Å²) in [5.74, 6) is 0. The maximum Gasteiger partial charge on any atom is 0.183 e. The van der Waals surface area contributed by atoms with E-state index < -0.39 is 0 Å². The Hall–Kier alpha value is -0.620. The molecule has 0 saturated heterocycles. The van der Waals surface area contributed by atoms with E-state index in [1.54, 1.807) is 18.4 Å². The molecule has 1 N–H and O–H groups in total. The van der Waals surface area contributed by atoms with Crippen molar-refractivity contribution in [3.63, 3.8) is 0 Å². The van der Waals surface area contributed by atoms with Gasteiger partial charge in [-0.25, -0.2) is 4.98 Å². The maximum absolute atomic E-state index is 6.19. The molecule has 0 aliphatic rings. The second kappa shape index (κ2) is 6.52. The molecule has 0 saturated carbocycles. The van der Waals surface area contributed by atoms with Gasteiger partial charge in [0.25, 0.3) is 0 Å². The molecule has 0 fully saturated rings. The zero-order valence-corrected chi connectivity index (χ0v) is 12.9. The van der Waals surface area contributed by atoms with Gasteiger partial charge in [0, 0.05) is 29.1 Å². The van der Waals surface area contributed by atoms with E-state index in [2.05, 4.69) is 26.2 Å². The molecule has 2 aromatic rings. The highest BCUT2D eigenvalue weighted by Crippen LogP contribution is 2.32. The van der Waals surface area contributed by atoms with Crippen molar-refractivity contribution in [2.24, 2.45) is 0 Å². The lowest BCUT2D eigenvalue weighted by atomic mass is 10.2. The van der Waals surface area contributed by atoms with Crippen LogP contribution >= 0.6 is 38.9 Å².